The van der Waals surface area contributed by atoms with Crippen molar-refractivity contribution in [2.24, 2.45) is 0 Å². The van der Waals surface area contributed by atoms with Crippen molar-refractivity contribution in [3.63, 3.8) is 0 Å². The van der Waals surface area contributed by atoms with Gasteiger partial charge in [-0.25, -0.2) is 4.98 Å². The highest BCUT2D eigenvalue weighted by Crippen LogP contribution is 2.41. The molecule has 0 unspecified atom stereocenters. The van der Waals surface area contributed by atoms with E-state index in [4.69, 9.17) is 24.0 Å². The van der Waals surface area contributed by atoms with E-state index in [1.165, 1.54) is 6.42 Å². The summed E-state index contributed by atoms with van der Waals surface area (Å²) >= 11 is 0. The van der Waals surface area contributed by atoms with Crippen LogP contribution in [-0.4, -0.2) is 40.0 Å². The lowest BCUT2D eigenvalue weighted by molar-refractivity contribution is -0.135. The molecule has 0 N–H and O–H groups in total. The second kappa shape index (κ2) is 9.53. The van der Waals surface area contributed by atoms with Crippen LogP contribution < -0.4 is 4.74 Å². The molecule has 0 aliphatic heterocycles. The fraction of sp³-hybridized carbons (Fsp3) is 0.500. The third-order valence-corrected chi connectivity index (χ3v) is 7.04. The van der Waals surface area contributed by atoms with Gasteiger partial charge in [0.15, 0.2) is 0 Å². The second-order valence-electron chi connectivity index (χ2n) is 9.38. The first-order chi connectivity index (χ1) is 16.9. The predicted molar refractivity (Wildman–Crippen MR) is 129 cm³/mol. The maximum Gasteiger partial charge on any atom is 0.345 e. The van der Waals surface area contributed by atoms with Crippen LogP contribution in [0, 0.1) is 13.8 Å². The van der Waals surface area contributed by atoms with Gasteiger partial charge in [0, 0.05) is 16.9 Å². The van der Waals surface area contributed by atoms with Crippen LogP contribution in [0.4, 0.5) is 8.78 Å². The first-order valence-corrected chi connectivity index (χ1v) is 12.1. The lowest BCUT2D eigenvalue weighted by Gasteiger charge is -2.25. The van der Waals surface area contributed by atoms with Crippen molar-refractivity contribution in [3.05, 3.63) is 35.6 Å². The SMILES string of the molecule is COc1cc2c(cc1-c1c(C)noc1C)ncc1nc(C3CCCCC3)n([C@H](C)COC(F)F)c12. The van der Waals surface area contributed by atoms with Gasteiger partial charge in [0.1, 0.15) is 22.9 Å². The minimum Gasteiger partial charge on any atom is -0.496 e. The summed E-state index contributed by atoms with van der Waals surface area (Å²) in [5.74, 6) is 2.56. The molecule has 9 heteroatoms. The monoisotopic (exact) mass is 484 g/mol. The number of hydrogen-bond acceptors (Lipinski definition) is 6. The first kappa shape index (κ1) is 23.7. The van der Waals surface area contributed by atoms with E-state index in [0.29, 0.717) is 11.5 Å². The highest BCUT2D eigenvalue weighted by atomic mass is 19.3. The van der Waals surface area contributed by atoms with E-state index in [2.05, 4.69) is 9.72 Å². The van der Waals surface area contributed by atoms with Crippen LogP contribution in [-0.2, 0) is 4.74 Å². The molecule has 0 saturated heterocycles. The van der Waals surface area contributed by atoms with Gasteiger partial charge in [0.25, 0.3) is 0 Å². The van der Waals surface area contributed by atoms with Crippen LogP contribution in [0.1, 0.15) is 68.3 Å². The van der Waals surface area contributed by atoms with E-state index in [-0.39, 0.29) is 18.6 Å². The molecule has 1 aliphatic rings. The fourth-order valence-electron chi connectivity index (χ4n) is 5.43. The lowest BCUT2D eigenvalue weighted by Crippen LogP contribution is -2.19. The number of methoxy groups -OCH3 is 1. The zero-order chi connectivity index (χ0) is 24.7. The molecule has 1 fully saturated rings. The molecule has 0 radical (unpaired) electrons. The minimum atomic E-state index is -2.82. The van der Waals surface area contributed by atoms with Gasteiger partial charge in [-0.05, 0) is 45.7 Å². The molecule has 3 aromatic heterocycles. The molecule has 3 heterocycles. The van der Waals surface area contributed by atoms with E-state index in [0.717, 1.165) is 70.3 Å². The summed E-state index contributed by atoms with van der Waals surface area (Å²) in [7, 11) is 1.63. The maximum atomic E-state index is 12.9. The van der Waals surface area contributed by atoms with E-state index in [1.54, 1.807) is 13.3 Å². The van der Waals surface area contributed by atoms with Crippen molar-refractivity contribution >= 4 is 21.9 Å². The molecule has 1 saturated carbocycles. The van der Waals surface area contributed by atoms with E-state index in [1.807, 2.05) is 32.9 Å². The molecule has 4 aromatic rings. The Kier molecular flexibility index (Phi) is 6.44. The average Bonchev–Trinajstić information content (AvgIpc) is 3.42. The number of ether oxygens (including phenoxy) is 2. The Morgan fingerprint density at radius 3 is 2.57 bits per heavy atom. The number of aromatic nitrogens is 4. The molecule has 1 atom stereocenters. The molecule has 1 aromatic carbocycles. The average molecular weight is 485 g/mol. The smallest absolute Gasteiger partial charge is 0.345 e. The van der Waals surface area contributed by atoms with Crippen molar-refractivity contribution in [1.29, 1.82) is 0 Å². The summed E-state index contributed by atoms with van der Waals surface area (Å²) in [6, 6.07) is 3.60. The van der Waals surface area contributed by atoms with Gasteiger partial charge >= 0.3 is 6.61 Å². The number of halogens is 2. The molecule has 186 valence electrons. The van der Waals surface area contributed by atoms with Gasteiger partial charge in [-0.15, -0.1) is 0 Å². The summed E-state index contributed by atoms with van der Waals surface area (Å²) in [5, 5.41) is 4.94. The molecule has 1 aliphatic carbocycles. The summed E-state index contributed by atoms with van der Waals surface area (Å²) in [4.78, 5) is 9.70. The van der Waals surface area contributed by atoms with Gasteiger partial charge in [-0.2, -0.15) is 8.78 Å². The maximum absolute atomic E-state index is 12.9. The molecular formula is C26H30F2N4O3. The molecule has 35 heavy (non-hydrogen) atoms. The number of fused-ring (bicyclic) bond motifs is 3. The van der Waals surface area contributed by atoms with Crippen LogP contribution in [0.3, 0.4) is 0 Å². The van der Waals surface area contributed by atoms with Gasteiger partial charge in [-0.3, -0.25) is 4.98 Å². The van der Waals surface area contributed by atoms with Crippen molar-refractivity contribution in [2.75, 3.05) is 13.7 Å². The number of aryl methyl sites for hydroxylation is 2. The number of alkyl halides is 2. The van der Waals surface area contributed by atoms with E-state index >= 15 is 0 Å². The number of pyridine rings is 1. The highest BCUT2D eigenvalue weighted by Gasteiger charge is 2.27. The zero-order valence-corrected chi connectivity index (χ0v) is 20.5. The van der Waals surface area contributed by atoms with Crippen molar-refractivity contribution in [3.8, 4) is 16.9 Å². The summed E-state index contributed by atoms with van der Waals surface area (Å²) in [5.41, 5.74) is 4.85. The predicted octanol–water partition coefficient (Wildman–Crippen LogP) is 6.71. The van der Waals surface area contributed by atoms with Gasteiger partial charge in [-0.1, -0.05) is 24.4 Å². The number of nitrogens with zero attached hydrogens (tertiary/aromatic N) is 4. The van der Waals surface area contributed by atoms with Crippen LogP contribution in [0.5, 0.6) is 5.75 Å². The third kappa shape index (κ3) is 4.26. The molecule has 5 rings (SSSR count). The lowest BCUT2D eigenvalue weighted by atomic mass is 9.88. The third-order valence-electron chi connectivity index (χ3n) is 7.04. The number of imidazole rings is 1. The van der Waals surface area contributed by atoms with Crippen molar-refractivity contribution < 1.29 is 22.8 Å². The normalized spacial score (nSPS) is 16.0. The minimum absolute atomic E-state index is 0.110. The highest BCUT2D eigenvalue weighted by molar-refractivity contribution is 6.05. The molecule has 0 bridgehead atoms. The van der Waals surface area contributed by atoms with Gasteiger partial charge < -0.3 is 18.6 Å². The molecule has 0 spiro atoms. The van der Waals surface area contributed by atoms with E-state index < -0.39 is 6.61 Å². The topological polar surface area (TPSA) is 75.2 Å². The standard InChI is InChI=1S/C26H30F2N4O3/c1-14(13-34-26(27)28)32-24-18-11-22(33-4)19(23-15(2)31-35-16(23)3)10-20(18)29-12-21(24)30-25(32)17-8-6-5-7-9-17/h10-12,14,17,26H,5-9,13H2,1-4H3/t14-/m1/s1. The Morgan fingerprint density at radius 2 is 1.91 bits per heavy atom. The van der Waals surface area contributed by atoms with E-state index in [9.17, 15) is 8.78 Å². The molecule has 7 nitrogen and oxygen atoms in total. The Morgan fingerprint density at radius 1 is 1.14 bits per heavy atom. The van der Waals surface area contributed by atoms with Crippen LogP contribution in [0.15, 0.2) is 22.9 Å². The number of rotatable bonds is 7. The Hall–Kier alpha value is -3.07. The summed E-state index contributed by atoms with van der Waals surface area (Å²) in [6.07, 6.45) is 7.35. The Bertz CT molecular complexity index is 1340. The summed E-state index contributed by atoms with van der Waals surface area (Å²) < 4.78 is 43.8. The summed E-state index contributed by atoms with van der Waals surface area (Å²) in [6.45, 7) is 2.73. The number of benzene rings is 1. The Balaban J connectivity index is 1.74. The first-order valence-electron chi connectivity index (χ1n) is 12.1. The Labute approximate surface area is 202 Å². The van der Waals surface area contributed by atoms with Gasteiger partial charge in [0.05, 0.1) is 48.2 Å². The quantitative estimate of drug-likeness (QED) is 0.290. The second-order valence-corrected chi connectivity index (χ2v) is 9.38. The van der Waals surface area contributed by atoms with Crippen LogP contribution in [0.25, 0.3) is 33.1 Å². The van der Waals surface area contributed by atoms with Crippen molar-refractivity contribution in [1.82, 2.24) is 19.7 Å². The van der Waals surface area contributed by atoms with Crippen molar-refractivity contribution in [2.45, 2.75) is 71.4 Å². The largest absolute Gasteiger partial charge is 0.496 e. The molecular weight excluding hydrogens is 454 g/mol. The van der Waals surface area contributed by atoms with Crippen LogP contribution >= 0.6 is 0 Å². The fourth-order valence-corrected chi connectivity index (χ4v) is 5.43. The number of hydrogen-bond donors (Lipinski definition) is 0. The molecule has 0 amide bonds. The van der Waals surface area contributed by atoms with Crippen LogP contribution in [0.2, 0.25) is 0 Å². The zero-order valence-electron chi connectivity index (χ0n) is 20.5. The van der Waals surface area contributed by atoms with Gasteiger partial charge in [0.2, 0.25) is 0 Å².